The molecule has 2 rings (SSSR count). The fraction of sp³-hybridized carbons (Fsp3) is 0.526. The molecule has 0 bridgehead atoms. The second-order valence-corrected chi connectivity index (χ2v) is 6.63. The maximum Gasteiger partial charge on any atom is 0.319 e. The number of nitrogens with zero attached hydrogens (tertiary/aromatic N) is 1. The molecule has 1 aromatic carbocycles. The molecule has 0 radical (unpaired) electrons. The molecule has 1 aromatic rings. The van der Waals surface area contributed by atoms with Gasteiger partial charge in [-0.25, -0.2) is 4.79 Å². The molecule has 8 heteroatoms. The minimum absolute atomic E-state index is 0.0181. The number of rotatable bonds is 6. The first kappa shape index (κ1) is 20.7. The van der Waals surface area contributed by atoms with E-state index in [4.69, 9.17) is 9.47 Å². The lowest BCUT2D eigenvalue weighted by Gasteiger charge is -2.36. The lowest BCUT2D eigenvalue weighted by molar-refractivity contribution is -0.164. The molecule has 1 saturated heterocycles. The lowest BCUT2D eigenvalue weighted by atomic mass is 10.2. The number of hydrogen-bond donors (Lipinski definition) is 2. The topological polar surface area (TPSA) is 97.0 Å². The van der Waals surface area contributed by atoms with Crippen LogP contribution in [-0.4, -0.2) is 60.8 Å². The van der Waals surface area contributed by atoms with Crippen LogP contribution in [0.3, 0.4) is 0 Å². The first-order valence-corrected chi connectivity index (χ1v) is 9.08. The lowest BCUT2D eigenvalue weighted by Crippen LogP contribution is -2.51. The predicted molar refractivity (Wildman–Crippen MR) is 100 cm³/mol. The van der Waals surface area contributed by atoms with Gasteiger partial charge in [0.2, 0.25) is 0 Å². The molecular weight excluding hydrogens is 350 g/mol. The van der Waals surface area contributed by atoms with Gasteiger partial charge in [0, 0.05) is 25.3 Å². The van der Waals surface area contributed by atoms with Gasteiger partial charge in [0.25, 0.3) is 5.91 Å². The summed E-state index contributed by atoms with van der Waals surface area (Å²) in [5, 5.41) is 5.23. The van der Waals surface area contributed by atoms with Gasteiger partial charge in [-0.05, 0) is 32.9 Å². The zero-order chi connectivity index (χ0) is 19.8. The van der Waals surface area contributed by atoms with E-state index in [-0.39, 0.29) is 31.1 Å². The summed E-state index contributed by atoms with van der Waals surface area (Å²) in [5.74, 6) is -0.773. The zero-order valence-corrected chi connectivity index (χ0v) is 15.9. The second kappa shape index (κ2) is 9.91. The van der Waals surface area contributed by atoms with Crippen molar-refractivity contribution < 1.29 is 23.9 Å². The van der Waals surface area contributed by atoms with Gasteiger partial charge in [-0.3, -0.25) is 9.59 Å². The highest BCUT2D eigenvalue weighted by molar-refractivity contribution is 5.89. The van der Waals surface area contributed by atoms with Gasteiger partial charge in [-0.1, -0.05) is 18.2 Å². The Labute approximate surface area is 159 Å². The molecule has 3 atom stereocenters. The van der Waals surface area contributed by atoms with Gasteiger partial charge >= 0.3 is 12.0 Å². The molecule has 1 fully saturated rings. The average molecular weight is 377 g/mol. The Hall–Kier alpha value is -2.61. The molecule has 1 aliphatic rings. The zero-order valence-electron chi connectivity index (χ0n) is 15.9. The van der Waals surface area contributed by atoms with E-state index in [0.29, 0.717) is 18.8 Å². The number of benzene rings is 1. The van der Waals surface area contributed by atoms with Crippen molar-refractivity contribution in [3.05, 3.63) is 30.3 Å². The molecule has 148 valence electrons. The van der Waals surface area contributed by atoms with E-state index in [0.717, 1.165) is 0 Å². The Morgan fingerprint density at radius 3 is 2.44 bits per heavy atom. The third kappa shape index (κ3) is 6.90. The summed E-state index contributed by atoms with van der Waals surface area (Å²) < 4.78 is 10.8. The Bertz CT molecular complexity index is 642. The van der Waals surface area contributed by atoms with Crippen molar-refractivity contribution in [3.8, 4) is 0 Å². The van der Waals surface area contributed by atoms with Crippen LogP contribution in [-0.2, 0) is 19.1 Å². The molecule has 8 nitrogen and oxygen atoms in total. The van der Waals surface area contributed by atoms with Gasteiger partial charge in [-0.15, -0.1) is 0 Å². The Kier molecular flexibility index (Phi) is 7.60. The van der Waals surface area contributed by atoms with Gasteiger partial charge in [-0.2, -0.15) is 0 Å². The highest BCUT2D eigenvalue weighted by atomic mass is 16.5. The van der Waals surface area contributed by atoms with E-state index >= 15 is 0 Å². The van der Waals surface area contributed by atoms with Gasteiger partial charge in [0.1, 0.15) is 0 Å². The second-order valence-electron chi connectivity index (χ2n) is 6.63. The largest absolute Gasteiger partial charge is 0.452 e. The Morgan fingerprint density at radius 1 is 1.19 bits per heavy atom. The predicted octanol–water partition coefficient (Wildman–Crippen LogP) is 1.77. The molecule has 2 N–H and O–H groups in total. The fourth-order valence-electron chi connectivity index (χ4n) is 2.90. The monoisotopic (exact) mass is 377 g/mol. The normalized spacial score (nSPS) is 20.5. The highest BCUT2D eigenvalue weighted by Gasteiger charge is 2.30. The molecule has 1 aliphatic heterocycles. The number of urea groups is 1. The van der Waals surface area contributed by atoms with Crippen LogP contribution in [0.5, 0.6) is 0 Å². The van der Waals surface area contributed by atoms with Crippen molar-refractivity contribution in [2.75, 3.05) is 25.0 Å². The van der Waals surface area contributed by atoms with Gasteiger partial charge in [0.15, 0.2) is 6.10 Å². The fourth-order valence-corrected chi connectivity index (χ4v) is 2.90. The summed E-state index contributed by atoms with van der Waals surface area (Å²) >= 11 is 0. The van der Waals surface area contributed by atoms with Gasteiger partial charge < -0.3 is 25.0 Å². The van der Waals surface area contributed by atoms with Crippen molar-refractivity contribution in [2.24, 2.45) is 0 Å². The van der Waals surface area contributed by atoms with E-state index in [2.05, 4.69) is 10.6 Å². The molecule has 0 saturated carbocycles. The number of ether oxygens (including phenoxy) is 2. The van der Waals surface area contributed by atoms with Crippen LogP contribution in [0.25, 0.3) is 0 Å². The number of hydrogen-bond acceptors (Lipinski definition) is 5. The van der Waals surface area contributed by atoms with Crippen LogP contribution < -0.4 is 10.6 Å². The van der Waals surface area contributed by atoms with Gasteiger partial charge in [0.05, 0.1) is 18.6 Å². The molecule has 27 heavy (non-hydrogen) atoms. The van der Waals surface area contributed by atoms with Crippen LogP contribution in [0.15, 0.2) is 30.3 Å². The van der Waals surface area contributed by atoms with Crippen molar-refractivity contribution in [2.45, 2.75) is 45.5 Å². The van der Waals surface area contributed by atoms with E-state index in [1.54, 1.807) is 36.1 Å². The Balaban J connectivity index is 1.68. The summed E-state index contributed by atoms with van der Waals surface area (Å²) in [5.41, 5.74) is 0.658. The molecule has 3 amide bonds. The smallest absolute Gasteiger partial charge is 0.319 e. The molecular formula is C19H27N3O5. The number of amides is 3. The molecule has 1 heterocycles. The number of para-hydroxylation sites is 1. The first-order chi connectivity index (χ1) is 12.8. The third-order valence-electron chi connectivity index (χ3n) is 4.03. The quantitative estimate of drug-likeness (QED) is 0.737. The number of carbonyl (C=O) groups excluding carboxylic acids is 3. The summed E-state index contributed by atoms with van der Waals surface area (Å²) in [6.07, 6.45) is -0.982. The molecule has 0 spiro atoms. The summed E-state index contributed by atoms with van der Waals surface area (Å²) in [4.78, 5) is 37.7. The van der Waals surface area contributed by atoms with E-state index in [1.807, 2.05) is 19.9 Å². The minimum atomic E-state index is -0.867. The molecule has 0 aliphatic carbocycles. The molecule has 0 unspecified atom stereocenters. The van der Waals surface area contributed by atoms with Crippen molar-refractivity contribution in [3.63, 3.8) is 0 Å². The number of nitrogens with one attached hydrogen (secondary N) is 2. The van der Waals surface area contributed by atoms with Crippen molar-refractivity contribution in [1.29, 1.82) is 0 Å². The van der Waals surface area contributed by atoms with Crippen LogP contribution in [0.4, 0.5) is 10.5 Å². The van der Waals surface area contributed by atoms with Crippen LogP contribution >= 0.6 is 0 Å². The number of carbonyl (C=O) groups is 3. The van der Waals surface area contributed by atoms with E-state index in [1.165, 1.54) is 0 Å². The van der Waals surface area contributed by atoms with E-state index in [9.17, 15) is 14.4 Å². The van der Waals surface area contributed by atoms with Crippen LogP contribution in [0, 0.1) is 0 Å². The third-order valence-corrected chi connectivity index (χ3v) is 4.03. The molecule has 0 aromatic heterocycles. The first-order valence-electron chi connectivity index (χ1n) is 9.08. The standard InChI is InChI=1S/C19H27N3O5/c1-13-11-22(12-14(2)26-13)18(24)15(3)27-17(23)9-10-20-19(25)21-16-7-5-4-6-8-16/h4-8,13-15H,9-12H2,1-3H3,(H2,20,21,25)/t13-,14-,15+/m0/s1. The maximum atomic E-state index is 12.4. The minimum Gasteiger partial charge on any atom is -0.452 e. The number of esters is 1. The van der Waals surface area contributed by atoms with Crippen LogP contribution in [0.2, 0.25) is 0 Å². The van der Waals surface area contributed by atoms with Crippen molar-refractivity contribution >= 4 is 23.6 Å². The SMILES string of the molecule is C[C@H]1CN(C(=O)[C@@H](C)OC(=O)CCNC(=O)Nc2ccccc2)C[C@H](C)O1. The van der Waals surface area contributed by atoms with Crippen molar-refractivity contribution in [1.82, 2.24) is 10.2 Å². The van der Waals surface area contributed by atoms with Crippen LogP contribution in [0.1, 0.15) is 27.2 Å². The Morgan fingerprint density at radius 2 is 1.81 bits per heavy atom. The summed E-state index contributed by atoms with van der Waals surface area (Å²) in [6, 6.07) is 8.57. The summed E-state index contributed by atoms with van der Waals surface area (Å²) in [6.45, 7) is 6.43. The van der Waals surface area contributed by atoms with E-state index < -0.39 is 18.1 Å². The number of morpholine rings is 1. The number of anilines is 1. The average Bonchev–Trinajstić information content (AvgIpc) is 2.61. The highest BCUT2D eigenvalue weighted by Crippen LogP contribution is 2.13. The maximum absolute atomic E-state index is 12.4. The summed E-state index contributed by atoms with van der Waals surface area (Å²) in [7, 11) is 0.